The summed E-state index contributed by atoms with van der Waals surface area (Å²) in [6.07, 6.45) is 0. The van der Waals surface area contributed by atoms with Crippen LogP contribution in [0.25, 0.3) is 0 Å². The van der Waals surface area contributed by atoms with Crippen molar-refractivity contribution in [3.05, 3.63) is 53.6 Å². The Balaban J connectivity index is 1.33. The molecule has 7 nitrogen and oxygen atoms in total. The molecule has 2 aromatic carbocycles. The molecule has 2 aromatic rings. The quantitative estimate of drug-likeness (QED) is 0.825. The van der Waals surface area contributed by atoms with Crippen molar-refractivity contribution in [2.24, 2.45) is 0 Å². The summed E-state index contributed by atoms with van der Waals surface area (Å²) in [5.74, 6) is 1.47. The number of hydrogen-bond acceptors (Lipinski definition) is 4. The van der Waals surface area contributed by atoms with Crippen molar-refractivity contribution in [3.63, 3.8) is 0 Å². The van der Waals surface area contributed by atoms with E-state index in [4.69, 9.17) is 9.47 Å². The zero-order valence-electron chi connectivity index (χ0n) is 15.9. The van der Waals surface area contributed by atoms with E-state index in [1.807, 2.05) is 17.0 Å². The molecule has 2 aliphatic rings. The molecule has 2 aliphatic heterocycles. The van der Waals surface area contributed by atoms with Crippen LogP contribution in [-0.4, -0.2) is 49.7 Å². The van der Waals surface area contributed by atoms with Crippen LogP contribution in [0.4, 0.5) is 5.69 Å². The Bertz CT molecular complexity index is 891. The minimum absolute atomic E-state index is 0.00864. The summed E-state index contributed by atoms with van der Waals surface area (Å²) >= 11 is 0. The minimum atomic E-state index is -0.148. The molecule has 4 rings (SSSR count). The number of nitrogens with one attached hydrogen (secondary N) is 2. The summed E-state index contributed by atoms with van der Waals surface area (Å²) in [6, 6.07) is 13.2. The lowest BCUT2D eigenvalue weighted by molar-refractivity contribution is -0.917. The van der Waals surface area contributed by atoms with Gasteiger partial charge < -0.3 is 24.6 Å². The van der Waals surface area contributed by atoms with Crippen LogP contribution in [0.15, 0.2) is 42.5 Å². The number of carbonyl (C=O) groups excluding carboxylic acids is 2. The van der Waals surface area contributed by atoms with E-state index in [0.29, 0.717) is 24.3 Å². The summed E-state index contributed by atoms with van der Waals surface area (Å²) in [6.45, 7) is 5.85. The van der Waals surface area contributed by atoms with Crippen molar-refractivity contribution in [1.29, 1.82) is 0 Å². The molecule has 0 aromatic heterocycles. The van der Waals surface area contributed by atoms with Crippen LogP contribution in [0.5, 0.6) is 11.5 Å². The number of anilines is 1. The number of ether oxygens (including phenoxy) is 2. The molecule has 1 fully saturated rings. The van der Waals surface area contributed by atoms with Crippen molar-refractivity contribution in [3.8, 4) is 11.5 Å². The average Bonchev–Trinajstić information content (AvgIpc) is 3.15. The average molecular weight is 382 g/mol. The summed E-state index contributed by atoms with van der Waals surface area (Å²) in [5.41, 5.74) is 2.46. The first-order valence-electron chi connectivity index (χ1n) is 9.47. The van der Waals surface area contributed by atoms with Gasteiger partial charge in [-0.3, -0.25) is 9.59 Å². The van der Waals surface area contributed by atoms with Gasteiger partial charge >= 0.3 is 0 Å². The second-order valence-electron chi connectivity index (χ2n) is 7.17. The molecule has 0 spiro atoms. The van der Waals surface area contributed by atoms with E-state index in [2.05, 4.69) is 11.4 Å². The van der Waals surface area contributed by atoms with E-state index in [0.717, 1.165) is 31.1 Å². The summed E-state index contributed by atoms with van der Waals surface area (Å²) in [5, 5.41) is 2.72. The zero-order chi connectivity index (χ0) is 19.5. The van der Waals surface area contributed by atoms with Gasteiger partial charge in [-0.2, -0.15) is 0 Å². The molecule has 2 amide bonds. The summed E-state index contributed by atoms with van der Waals surface area (Å²) in [4.78, 5) is 27.3. The van der Waals surface area contributed by atoms with Crippen LogP contribution < -0.4 is 19.7 Å². The van der Waals surface area contributed by atoms with Gasteiger partial charge in [0, 0.05) is 23.7 Å². The highest BCUT2D eigenvalue weighted by molar-refractivity contribution is 5.96. The van der Waals surface area contributed by atoms with E-state index in [1.54, 1.807) is 24.3 Å². The van der Waals surface area contributed by atoms with E-state index in [1.165, 1.54) is 17.4 Å². The Hall–Kier alpha value is -3.06. The van der Waals surface area contributed by atoms with E-state index < -0.39 is 0 Å². The van der Waals surface area contributed by atoms with E-state index >= 15 is 0 Å². The fourth-order valence-electron chi connectivity index (χ4n) is 3.66. The first kappa shape index (κ1) is 18.3. The highest BCUT2D eigenvalue weighted by Crippen LogP contribution is 2.32. The van der Waals surface area contributed by atoms with Gasteiger partial charge in [-0.25, -0.2) is 0 Å². The maximum Gasteiger partial charge on any atom is 0.254 e. The van der Waals surface area contributed by atoms with Crippen LogP contribution in [0.3, 0.4) is 0 Å². The van der Waals surface area contributed by atoms with Crippen molar-refractivity contribution in [2.45, 2.75) is 13.5 Å². The van der Waals surface area contributed by atoms with Gasteiger partial charge in [0.15, 0.2) is 11.5 Å². The van der Waals surface area contributed by atoms with Gasteiger partial charge in [0.1, 0.15) is 6.54 Å². The zero-order valence-corrected chi connectivity index (χ0v) is 15.9. The number of benzene rings is 2. The lowest BCUT2D eigenvalue weighted by Crippen LogP contribution is -3.13. The molecule has 0 aliphatic carbocycles. The fourth-order valence-corrected chi connectivity index (χ4v) is 3.66. The van der Waals surface area contributed by atoms with E-state index in [-0.39, 0.29) is 18.6 Å². The lowest BCUT2D eigenvalue weighted by Gasteiger charge is -2.32. The van der Waals surface area contributed by atoms with Gasteiger partial charge in [0.05, 0.1) is 26.2 Å². The number of hydrogen-bond donors (Lipinski definition) is 2. The first-order valence-corrected chi connectivity index (χ1v) is 9.47. The lowest BCUT2D eigenvalue weighted by atomic mass is 10.1. The SMILES string of the molecule is CC(=O)Nc1cccc(C(=O)N2CC[NH+](Cc3ccc4c(c3)OCO4)CC2)c1. The second kappa shape index (κ2) is 7.90. The Morgan fingerprint density at radius 2 is 1.86 bits per heavy atom. The third kappa shape index (κ3) is 4.09. The Labute approximate surface area is 163 Å². The second-order valence-corrected chi connectivity index (χ2v) is 7.17. The number of nitrogens with zero attached hydrogens (tertiary/aromatic N) is 1. The van der Waals surface area contributed by atoms with Gasteiger partial charge in [0.25, 0.3) is 5.91 Å². The monoisotopic (exact) mass is 382 g/mol. The van der Waals surface area contributed by atoms with Crippen LogP contribution >= 0.6 is 0 Å². The maximum atomic E-state index is 12.8. The molecule has 2 N–H and O–H groups in total. The highest BCUT2D eigenvalue weighted by Gasteiger charge is 2.25. The molecule has 0 radical (unpaired) electrons. The molecule has 1 saturated heterocycles. The van der Waals surface area contributed by atoms with Crippen LogP contribution in [0, 0.1) is 0 Å². The molecule has 7 heteroatoms. The Morgan fingerprint density at radius 3 is 2.64 bits per heavy atom. The third-order valence-electron chi connectivity index (χ3n) is 5.08. The largest absolute Gasteiger partial charge is 0.454 e. The predicted octanol–water partition coefficient (Wildman–Crippen LogP) is 0.915. The number of quaternary nitrogens is 1. The van der Waals surface area contributed by atoms with Crippen LogP contribution in [0.1, 0.15) is 22.8 Å². The minimum Gasteiger partial charge on any atom is -0.454 e. The van der Waals surface area contributed by atoms with Crippen LogP contribution in [0.2, 0.25) is 0 Å². The van der Waals surface area contributed by atoms with E-state index in [9.17, 15) is 9.59 Å². The Kier molecular flexibility index (Phi) is 5.16. The van der Waals surface area contributed by atoms with Gasteiger partial charge in [-0.1, -0.05) is 6.07 Å². The summed E-state index contributed by atoms with van der Waals surface area (Å²) < 4.78 is 10.8. The molecule has 2 heterocycles. The molecule has 0 saturated carbocycles. The smallest absolute Gasteiger partial charge is 0.254 e. The topological polar surface area (TPSA) is 72.3 Å². The van der Waals surface area contributed by atoms with Crippen LogP contribution in [-0.2, 0) is 11.3 Å². The first-order chi connectivity index (χ1) is 13.6. The molecule has 0 unspecified atom stereocenters. The van der Waals surface area contributed by atoms with Gasteiger partial charge in [-0.05, 0) is 36.4 Å². The summed E-state index contributed by atoms with van der Waals surface area (Å²) in [7, 11) is 0. The number of carbonyl (C=O) groups is 2. The van der Waals surface area contributed by atoms with Gasteiger partial charge in [-0.15, -0.1) is 0 Å². The highest BCUT2D eigenvalue weighted by atomic mass is 16.7. The number of amides is 2. The normalized spacial score (nSPS) is 16.1. The number of rotatable bonds is 4. The molecule has 146 valence electrons. The Morgan fingerprint density at radius 1 is 1.07 bits per heavy atom. The number of piperazine rings is 1. The third-order valence-corrected chi connectivity index (χ3v) is 5.08. The fraction of sp³-hybridized carbons (Fsp3) is 0.333. The van der Waals surface area contributed by atoms with Crippen molar-refractivity contribution >= 4 is 17.5 Å². The van der Waals surface area contributed by atoms with Gasteiger partial charge in [0.2, 0.25) is 12.7 Å². The molecular formula is C21H24N3O4+. The standard InChI is InChI=1S/C21H23N3O4/c1-15(25)22-18-4-2-3-17(12-18)21(26)24-9-7-23(8-10-24)13-16-5-6-19-20(11-16)28-14-27-19/h2-6,11-12H,7-10,13-14H2,1H3,(H,22,25)/p+1. The molecular weight excluding hydrogens is 358 g/mol. The van der Waals surface area contributed by atoms with Crippen molar-refractivity contribution < 1.29 is 24.0 Å². The maximum absolute atomic E-state index is 12.8. The number of fused-ring (bicyclic) bond motifs is 1. The molecule has 0 atom stereocenters. The molecule has 0 bridgehead atoms. The molecule has 28 heavy (non-hydrogen) atoms. The predicted molar refractivity (Wildman–Crippen MR) is 104 cm³/mol. The van der Waals surface area contributed by atoms with Crippen molar-refractivity contribution in [1.82, 2.24) is 4.90 Å². The van der Waals surface area contributed by atoms with Crippen molar-refractivity contribution in [2.75, 3.05) is 38.3 Å².